The molecule has 114 valence electrons. The van der Waals surface area contributed by atoms with Crippen LogP contribution < -0.4 is 5.32 Å². The maximum Gasteiger partial charge on any atom is 0.323 e. The van der Waals surface area contributed by atoms with Crippen molar-refractivity contribution < 1.29 is 19.4 Å². The van der Waals surface area contributed by atoms with Crippen LogP contribution in [0.15, 0.2) is 24.3 Å². The predicted octanol–water partition coefficient (Wildman–Crippen LogP) is 2.16. The number of benzene rings is 1. The minimum Gasteiger partial charge on any atom is -0.480 e. The Morgan fingerprint density at radius 1 is 1.38 bits per heavy atom. The summed E-state index contributed by atoms with van der Waals surface area (Å²) >= 11 is 0. The van der Waals surface area contributed by atoms with Crippen LogP contribution in [0.25, 0.3) is 0 Å². The molecule has 6 heteroatoms. The lowest BCUT2D eigenvalue weighted by Gasteiger charge is -2.22. The number of carbonyl (C=O) groups is 2. The van der Waals surface area contributed by atoms with E-state index in [-0.39, 0.29) is 12.6 Å². The van der Waals surface area contributed by atoms with Gasteiger partial charge in [-0.1, -0.05) is 18.2 Å². The average molecular weight is 292 g/mol. The lowest BCUT2D eigenvalue weighted by molar-refractivity contribution is -0.137. The van der Waals surface area contributed by atoms with Gasteiger partial charge in [0.25, 0.3) is 0 Å². The molecule has 1 aliphatic rings. The number of methoxy groups -OCH3 is 1. The van der Waals surface area contributed by atoms with E-state index in [0.717, 1.165) is 18.4 Å². The van der Waals surface area contributed by atoms with Gasteiger partial charge in [0.05, 0.1) is 6.61 Å². The molecule has 1 aromatic carbocycles. The van der Waals surface area contributed by atoms with Crippen LogP contribution in [0.2, 0.25) is 0 Å². The van der Waals surface area contributed by atoms with Gasteiger partial charge in [0.1, 0.15) is 6.54 Å². The molecule has 0 spiro atoms. The van der Waals surface area contributed by atoms with E-state index in [1.807, 2.05) is 18.2 Å². The lowest BCUT2D eigenvalue weighted by Crippen LogP contribution is -2.40. The van der Waals surface area contributed by atoms with E-state index in [1.165, 1.54) is 4.90 Å². The van der Waals surface area contributed by atoms with Crippen molar-refractivity contribution in [3.8, 4) is 0 Å². The van der Waals surface area contributed by atoms with Crippen molar-refractivity contribution >= 4 is 17.7 Å². The molecule has 2 amide bonds. The highest BCUT2D eigenvalue weighted by molar-refractivity contribution is 5.92. The second-order valence-electron chi connectivity index (χ2n) is 5.24. The zero-order valence-electron chi connectivity index (χ0n) is 12.0. The van der Waals surface area contributed by atoms with Gasteiger partial charge in [-0.25, -0.2) is 4.79 Å². The Morgan fingerprint density at radius 3 is 2.71 bits per heavy atom. The first-order valence-electron chi connectivity index (χ1n) is 6.94. The van der Waals surface area contributed by atoms with Gasteiger partial charge in [0.2, 0.25) is 0 Å². The average Bonchev–Trinajstić information content (AvgIpc) is 3.24. The minimum absolute atomic E-state index is 0.283. The Hall–Kier alpha value is -2.08. The first kappa shape index (κ1) is 15.3. The fourth-order valence-electron chi connectivity index (χ4n) is 2.11. The van der Waals surface area contributed by atoms with E-state index in [4.69, 9.17) is 9.84 Å². The fourth-order valence-corrected chi connectivity index (χ4v) is 2.11. The highest BCUT2D eigenvalue weighted by Gasteiger charge is 2.28. The zero-order chi connectivity index (χ0) is 15.2. The zero-order valence-corrected chi connectivity index (χ0v) is 12.0. The standard InChI is InChI=1S/C15H20N2O4/c1-21-10-12-4-2-3-5-13(12)16-15(20)17(9-14(18)19)8-11-6-7-11/h2-5,11H,6-10H2,1H3,(H,16,20)(H,18,19). The molecule has 2 rings (SSSR count). The number of hydrogen-bond acceptors (Lipinski definition) is 3. The molecule has 0 atom stereocenters. The Balaban J connectivity index is 2.04. The van der Waals surface area contributed by atoms with Gasteiger partial charge in [-0.2, -0.15) is 0 Å². The minimum atomic E-state index is -1.00. The normalized spacial score (nSPS) is 13.8. The summed E-state index contributed by atoms with van der Waals surface area (Å²) in [4.78, 5) is 24.5. The van der Waals surface area contributed by atoms with Crippen LogP contribution in [0, 0.1) is 5.92 Å². The molecule has 6 nitrogen and oxygen atoms in total. The van der Waals surface area contributed by atoms with Crippen molar-refractivity contribution in [3.63, 3.8) is 0 Å². The molecule has 1 fully saturated rings. The van der Waals surface area contributed by atoms with Crippen LogP contribution in [0.1, 0.15) is 18.4 Å². The molecule has 1 aromatic rings. The van der Waals surface area contributed by atoms with Crippen molar-refractivity contribution in [1.82, 2.24) is 4.90 Å². The second-order valence-corrected chi connectivity index (χ2v) is 5.24. The number of amides is 2. The van der Waals surface area contributed by atoms with Crippen molar-refractivity contribution in [2.24, 2.45) is 5.92 Å². The van der Waals surface area contributed by atoms with E-state index in [2.05, 4.69) is 5.32 Å². The van der Waals surface area contributed by atoms with E-state index < -0.39 is 5.97 Å². The number of ether oxygens (including phenoxy) is 1. The molecular weight excluding hydrogens is 272 g/mol. The highest BCUT2D eigenvalue weighted by atomic mass is 16.5. The highest BCUT2D eigenvalue weighted by Crippen LogP contribution is 2.30. The monoisotopic (exact) mass is 292 g/mol. The number of hydrogen-bond donors (Lipinski definition) is 2. The first-order chi connectivity index (χ1) is 10.1. The molecule has 2 N–H and O–H groups in total. The Bertz CT molecular complexity index is 514. The first-order valence-corrected chi connectivity index (χ1v) is 6.94. The number of rotatable bonds is 7. The summed E-state index contributed by atoms with van der Waals surface area (Å²) in [6.07, 6.45) is 2.12. The Labute approximate surface area is 123 Å². The lowest BCUT2D eigenvalue weighted by atomic mass is 10.2. The van der Waals surface area contributed by atoms with Crippen molar-refractivity contribution in [2.45, 2.75) is 19.4 Å². The summed E-state index contributed by atoms with van der Waals surface area (Å²) in [6, 6.07) is 6.94. The number of urea groups is 1. The summed E-state index contributed by atoms with van der Waals surface area (Å²) in [6.45, 7) is 0.595. The number of aliphatic carboxylic acids is 1. The van der Waals surface area contributed by atoms with Crippen LogP contribution >= 0.6 is 0 Å². The van der Waals surface area contributed by atoms with Crippen LogP contribution in [-0.2, 0) is 16.1 Å². The number of nitrogens with zero attached hydrogens (tertiary/aromatic N) is 1. The molecule has 1 saturated carbocycles. The predicted molar refractivity (Wildman–Crippen MR) is 78.1 cm³/mol. The second kappa shape index (κ2) is 7.08. The van der Waals surface area contributed by atoms with E-state index in [0.29, 0.717) is 24.8 Å². The van der Waals surface area contributed by atoms with E-state index in [1.54, 1.807) is 13.2 Å². The van der Waals surface area contributed by atoms with Crippen LogP contribution in [-0.4, -0.2) is 42.2 Å². The number of carboxylic acids is 1. The number of para-hydroxylation sites is 1. The van der Waals surface area contributed by atoms with Gasteiger partial charge < -0.3 is 20.1 Å². The molecule has 1 aliphatic carbocycles. The summed E-state index contributed by atoms with van der Waals surface area (Å²) in [7, 11) is 1.59. The molecule has 0 bridgehead atoms. The number of carbonyl (C=O) groups excluding carboxylic acids is 1. The summed E-state index contributed by atoms with van der Waals surface area (Å²) in [5.41, 5.74) is 1.51. The Kier molecular flexibility index (Phi) is 5.16. The number of anilines is 1. The molecule has 0 saturated heterocycles. The quantitative estimate of drug-likeness (QED) is 0.807. The molecule has 21 heavy (non-hydrogen) atoms. The summed E-state index contributed by atoms with van der Waals surface area (Å²) in [5.74, 6) is -0.569. The summed E-state index contributed by atoms with van der Waals surface area (Å²) < 4.78 is 5.09. The van der Waals surface area contributed by atoms with Crippen molar-refractivity contribution in [2.75, 3.05) is 25.5 Å². The third-order valence-electron chi connectivity index (χ3n) is 3.35. The van der Waals surface area contributed by atoms with Gasteiger partial charge >= 0.3 is 12.0 Å². The molecule has 0 aromatic heterocycles. The van der Waals surface area contributed by atoms with Gasteiger partial charge in [-0.15, -0.1) is 0 Å². The smallest absolute Gasteiger partial charge is 0.323 e. The van der Waals surface area contributed by atoms with Gasteiger partial charge in [-0.3, -0.25) is 4.79 Å². The van der Waals surface area contributed by atoms with E-state index >= 15 is 0 Å². The maximum atomic E-state index is 12.3. The topological polar surface area (TPSA) is 78.9 Å². The fraction of sp³-hybridized carbons (Fsp3) is 0.467. The maximum absolute atomic E-state index is 12.3. The van der Waals surface area contributed by atoms with Crippen LogP contribution in [0.4, 0.5) is 10.5 Å². The molecule has 0 heterocycles. The molecule has 0 radical (unpaired) electrons. The molecule has 0 aliphatic heterocycles. The third-order valence-corrected chi connectivity index (χ3v) is 3.35. The van der Waals surface area contributed by atoms with Crippen LogP contribution in [0.3, 0.4) is 0 Å². The third kappa shape index (κ3) is 4.75. The molecular formula is C15H20N2O4. The SMILES string of the molecule is COCc1ccccc1NC(=O)N(CC(=O)O)CC1CC1. The van der Waals surface area contributed by atoms with E-state index in [9.17, 15) is 9.59 Å². The largest absolute Gasteiger partial charge is 0.480 e. The number of carboxylic acid groups (broad SMARTS) is 1. The van der Waals surface area contributed by atoms with Gasteiger partial charge in [0.15, 0.2) is 0 Å². The molecule has 0 unspecified atom stereocenters. The Morgan fingerprint density at radius 2 is 2.10 bits per heavy atom. The van der Waals surface area contributed by atoms with Crippen molar-refractivity contribution in [1.29, 1.82) is 0 Å². The summed E-state index contributed by atoms with van der Waals surface area (Å²) in [5, 5.41) is 11.7. The van der Waals surface area contributed by atoms with Gasteiger partial charge in [0, 0.05) is 24.9 Å². The van der Waals surface area contributed by atoms with Crippen molar-refractivity contribution in [3.05, 3.63) is 29.8 Å². The van der Waals surface area contributed by atoms with Gasteiger partial charge in [-0.05, 0) is 24.8 Å². The number of nitrogens with one attached hydrogen (secondary N) is 1. The van der Waals surface area contributed by atoms with Crippen LogP contribution in [0.5, 0.6) is 0 Å².